The molecule has 2 aromatic rings. The first kappa shape index (κ1) is 13.6. The predicted molar refractivity (Wildman–Crippen MR) is 72.2 cm³/mol. The molecule has 0 saturated heterocycles. The van der Waals surface area contributed by atoms with E-state index in [2.05, 4.69) is 5.32 Å². The molecule has 0 radical (unpaired) electrons. The zero-order valence-corrected chi connectivity index (χ0v) is 11.1. The van der Waals surface area contributed by atoms with Gasteiger partial charge in [-0.15, -0.1) is 0 Å². The molecule has 100 valence electrons. The standard InChI is InChI=1S/C14H14ClNO3/c1-9-6-7-19-13(9)14(18)16-8-12(17)10-4-2-3-5-11(10)15/h2-7,12,17H,8H2,1H3,(H,16,18). The van der Waals surface area contributed by atoms with E-state index in [4.69, 9.17) is 16.0 Å². The Bertz CT molecular complexity index is 580. The molecule has 0 fully saturated rings. The van der Waals surface area contributed by atoms with Crippen LogP contribution < -0.4 is 5.32 Å². The lowest BCUT2D eigenvalue weighted by Gasteiger charge is -2.13. The number of benzene rings is 1. The first-order valence-electron chi connectivity index (χ1n) is 5.84. The van der Waals surface area contributed by atoms with E-state index in [9.17, 15) is 9.90 Å². The van der Waals surface area contributed by atoms with Gasteiger partial charge in [-0.25, -0.2) is 0 Å². The summed E-state index contributed by atoms with van der Waals surface area (Å²) in [5.74, 6) is -0.0973. The summed E-state index contributed by atoms with van der Waals surface area (Å²) in [6, 6.07) is 8.68. The third-order valence-corrected chi connectivity index (χ3v) is 3.13. The molecule has 2 N–H and O–H groups in total. The van der Waals surface area contributed by atoms with Crippen molar-refractivity contribution in [3.8, 4) is 0 Å². The number of carbonyl (C=O) groups excluding carboxylic acids is 1. The summed E-state index contributed by atoms with van der Waals surface area (Å²) >= 11 is 5.97. The summed E-state index contributed by atoms with van der Waals surface area (Å²) in [4.78, 5) is 11.8. The zero-order chi connectivity index (χ0) is 13.8. The molecule has 2 rings (SSSR count). The van der Waals surface area contributed by atoms with Crippen molar-refractivity contribution in [3.63, 3.8) is 0 Å². The Balaban J connectivity index is 1.98. The monoisotopic (exact) mass is 279 g/mol. The van der Waals surface area contributed by atoms with Gasteiger partial charge in [-0.05, 0) is 19.1 Å². The van der Waals surface area contributed by atoms with E-state index in [1.165, 1.54) is 6.26 Å². The number of nitrogens with one attached hydrogen (secondary N) is 1. The molecule has 0 aliphatic carbocycles. The van der Waals surface area contributed by atoms with Crippen molar-refractivity contribution in [2.24, 2.45) is 0 Å². The lowest BCUT2D eigenvalue weighted by molar-refractivity contribution is 0.0888. The van der Waals surface area contributed by atoms with E-state index >= 15 is 0 Å². The minimum absolute atomic E-state index is 0.0721. The number of carbonyl (C=O) groups is 1. The minimum Gasteiger partial charge on any atom is -0.459 e. The van der Waals surface area contributed by atoms with Crippen LogP contribution in [-0.2, 0) is 0 Å². The number of aryl methyl sites for hydroxylation is 1. The van der Waals surface area contributed by atoms with E-state index in [0.29, 0.717) is 10.6 Å². The quantitative estimate of drug-likeness (QED) is 0.904. The Hall–Kier alpha value is -1.78. The van der Waals surface area contributed by atoms with Gasteiger partial charge in [0.25, 0.3) is 5.91 Å². The number of aliphatic hydroxyl groups is 1. The van der Waals surface area contributed by atoms with Gasteiger partial charge in [0.15, 0.2) is 5.76 Å². The highest BCUT2D eigenvalue weighted by atomic mass is 35.5. The molecular formula is C14H14ClNO3. The van der Waals surface area contributed by atoms with Gasteiger partial charge in [-0.1, -0.05) is 29.8 Å². The first-order valence-corrected chi connectivity index (χ1v) is 6.22. The molecule has 0 aliphatic heterocycles. The van der Waals surface area contributed by atoms with Crippen LogP contribution >= 0.6 is 11.6 Å². The average Bonchev–Trinajstić information content (AvgIpc) is 2.82. The maximum atomic E-state index is 11.8. The molecule has 1 unspecified atom stereocenters. The molecule has 0 aliphatic rings. The molecule has 0 spiro atoms. The van der Waals surface area contributed by atoms with Crippen molar-refractivity contribution < 1.29 is 14.3 Å². The highest BCUT2D eigenvalue weighted by Crippen LogP contribution is 2.22. The van der Waals surface area contributed by atoms with Crippen molar-refractivity contribution >= 4 is 17.5 Å². The Morgan fingerprint density at radius 2 is 2.16 bits per heavy atom. The number of hydrogen-bond acceptors (Lipinski definition) is 3. The average molecular weight is 280 g/mol. The topological polar surface area (TPSA) is 62.5 Å². The van der Waals surface area contributed by atoms with Crippen molar-refractivity contribution in [1.82, 2.24) is 5.32 Å². The van der Waals surface area contributed by atoms with E-state index in [-0.39, 0.29) is 18.2 Å². The lowest BCUT2D eigenvalue weighted by Crippen LogP contribution is -2.28. The summed E-state index contributed by atoms with van der Waals surface area (Å²) in [6.07, 6.45) is 0.599. The number of halogens is 1. The number of furan rings is 1. The molecular weight excluding hydrogens is 266 g/mol. The first-order chi connectivity index (χ1) is 9.09. The maximum absolute atomic E-state index is 11.8. The SMILES string of the molecule is Cc1ccoc1C(=O)NCC(O)c1ccccc1Cl. The van der Waals surface area contributed by atoms with Crippen LogP contribution in [0.4, 0.5) is 0 Å². The number of rotatable bonds is 4. The van der Waals surface area contributed by atoms with Gasteiger partial charge in [-0.2, -0.15) is 0 Å². The summed E-state index contributed by atoms with van der Waals surface area (Å²) in [5, 5.41) is 13.1. The van der Waals surface area contributed by atoms with E-state index < -0.39 is 6.10 Å². The van der Waals surface area contributed by atoms with Crippen LogP contribution in [0.15, 0.2) is 41.0 Å². The van der Waals surface area contributed by atoms with Crippen molar-refractivity contribution in [2.45, 2.75) is 13.0 Å². The third-order valence-electron chi connectivity index (χ3n) is 2.79. The normalized spacial score (nSPS) is 12.2. The smallest absolute Gasteiger partial charge is 0.287 e. The molecule has 1 heterocycles. The Morgan fingerprint density at radius 1 is 1.42 bits per heavy atom. The molecule has 4 nitrogen and oxygen atoms in total. The summed E-state index contributed by atoms with van der Waals surface area (Å²) in [6.45, 7) is 1.85. The fourth-order valence-corrected chi connectivity index (χ4v) is 1.99. The molecule has 0 bridgehead atoms. The van der Waals surface area contributed by atoms with E-state index in [1.807, 2.05) is 0 Å². The summed E-state index contributed by atoms with van der Waals surface area (Å²) < 4.78 is 5.07. The van der Waals surface area contributed by atoms with Gasteiger partial charge in [-0.3, -0.25) is 4.79 Å². The highest BCUT2D eigenvalue weighted by molar-refractivity contribution is 6.31. The van der Waals surface area contributed by atoms with Crippen LogP contribution in [0.25, 0.3) is 0 Å². The molecule has 1 amide bonds. The molecule has 1 aromatic heterocycles. The van der Waals surface area contributed by atoms with E-state index in [1.54, 1.807) is 37.3 Å². The van der Waals surface area contributed by atoms with Gasteiger partial charge in [0, 0.05) is 22.7 Å². The van der Waals surface area contributed by atoms with Crippen molar-refractivity contribution in [3.05, 3.63) is 58.5 Å². The number of aliphatic hydroxyl groups excluding tert-OH is 1. The van der Waals surface area contributed by atoms with Gasteiger partial charge in [0.1, 0.15) is 0 Å². The second-order valence-corrected chi connectivity index (χ2v) is 4.59. The van der Waals surface area contributed by atoms with Crippen LogP contribution in [0, 0.1) is 6.92 Å². The van der Waals surface area contributed by atoms with Gasteiger partial charge >= 0.3 is 0 Å². The Labute approximate surface area is 116 Å². The van der Waals surface area contributed by atoms with Crippen LogP contribution in [0.5, 0.6) is 0 Å². The molecule has 19 heavy (non-hydrogen) atoms. The second kappa shape index (κ2) is 5.91. The molecule has 1 aromatic carbocycles. The molecule has 1 atom stereocenters. The maximum Gasteiger partial charge on any atom is 0.287 e. The zero-order valence-electron chi connectivity index (χ0n) is 10.4. The van der Waals surface area contributed by atoms with Crippen LogP contribution in [0.1, 0.15) is 27.8 Å². The Kier molecular flexibility index (Phi) is 4.24. The molecule has 5 heteroatoms. The minimum atomic E-state index is -0.854. The van der Waals surface area contributed by atoms with Gasteiger partial charge < -0.3 is 14.8 Å². The fraction of sp³-hybridized carbons (Fsp3) is 0.214. The fourth-order valence-electron chi connectivity index (χ4n) is 1.73. The van der Waals surface area contributed by atoms with Crippen molar-refractivity contribution in [2.75, 3.05) is 6.54 Å². The lowest BCUT2D eigenvalue weighted by atomic mass is 10.1. The highest BCUT2D eigenvalue weighted by Gasteiger charge is 2.16. The molecule has 0 saturated carbocycles. The summed E-state index contributed by atoms with van der Waals surface area (Å²) in [7, 11) is 0. The Morgan fingerprint density at radius 3 is 2.79 bits per heavy atom. The predicted octanol–water partition coefficient (Wildman–Crippen LogP) is 2.70. The summed E-state index contributed by atoms with van der Waals surface area (Å²) in [5.41, 5.74) is 1.34. The van der Waals surface area contributed by atoms with Gasteiger partial charge in [0.2, 0.25) is 0 Å². The van der Waals surface area contributed by atoms with Crippen molar-refractivity contribution in [1.29, 1.82) is 0 Å². The largest absolute Gasteiger partial charge is 0.459 e. The number of hydrogen-bond donors (Lipinski definition) is 2. The van der Waals surface area contributed by atoms with Gasteiger partial charge in [0.05, 0.1) is 12.4 Å². The van der Waals surface area contributed by atoms with Crippen LogP contribution in [0.3, 0.4) is 0 Å². The third kappa shape index (κ3) is 3.16. The van der Waals surface area contributed by atoms with Crippen LogP contribution in [0.2, 0.25) is 5.02 Å². The van der Waals surface area contributed by atoms with Crippen LogP contribution in [-0.4, -0.2) is 17.6 Å². The number of amides is 1. The second-order valence-electron chi connectivity index (χ2n) is 4.18. The van der Waals surface area contributed by atoms with E-state index in [0.717, 1.165) is 5.56 Å².